The molecule has 0 bridgehead atoms. The fourth-order valence-electron chi connectivity index (χ4n) is 1.63. The molecule has 5 nitrogen and oxygen atoms in total. The van der Waals surface area contributed by atoms with Crippen molar-refractivity contribution in [3.05, 3.63) is 46.8 Å². The first kappa shape index (κ1) is 12.2. The van der Waals surface area contributed by atoms with E-state index >= 15 is 0 Å². The quantitative estimate of drug-likeness (QED) is 0.808. The van der Waals surface area contributed by atoms with E-state index in [1.807, 2.05) is 25.1 Å². The topological polar surface area (TPSA) is 81.2 Å². The van der Waals surface area contributed by atoms with Crippen LogP contribution < -0.4 is 11.1 Å². The van der Waals surface area contributed by atoms with Crippen LogP contribution in [0.3, 0.4) is 0 Å². The maximum absolute atomic E-state index is 11.8. The van der Waals surface area contributed by atoms with E-state index in [-0.39, 0.29) is 11.6 Å². The number of nitrogen functional groups attached to an aromatic ring is 1. The fraction of sp³-hybridized carbons (Fsp3) is 0.231. The lowest BCUT2D eigenvalue weighted by Crippen LogP contribution is -2.23. The van der Waals surface area contributed by atoms with Crippen LogP contribution in [0.15, 0.2) is 28.8 Å². The number of nitrogens with zero attached hydrogens (tertiary/aromatic N) is 1. The van der Waals surface area contributed by atoms with Gasteiger partial charge in [-0.1, -0.05) is 17.3 Å². The molecule has 0 aliphatic carbocycles. The molecule has 0 saturated heterocycles. The maximum Gasteiger partial charge on any atom is 0.273 e. The van der Waals surface area contributed by atoms with Crippen molar-refractivity contribution in [1.82, 2.24) is 10.5 Å². The number of nitrogens with one attached hydrogen (secondary N) is 1. The van der Waals surface area contributed by atoms with Gasteiger partial charge in [-0.05, 0) is 31.0 Å². The van der Waals surface area contributed by atoms with Gasteiger partial charge < -0.3 is 15.6 Å². The highest BCUT2D eigenvalue weighted by atomic mass is 16.5. The number of benzene rings is 1. The molecule has 3 N–H and O–H groups in total. The first-order valence-corrected chi connectivity index (χ1v) is 5.63. The molecule has 0 aliphatic heterocycles. The van der Waals surface area contributed by atoms with Gasteiger partial charge >= 0.3 is 0 Å². The molecule has 0 aliphatic rings. The van der Waals surface area contributed by atoms with Crippen molar-refractivity contribution in [1.29, 1.82) is 0 Å². The molecule has 0 unspecified atom stereocenters. The van der Waals surface area contributed by atoms with Crippen LogP contribution in [0.4, 0.5) is 5.69 Å². The molecule has 1 aromatic heterocycles. The van der Waals surface area contributed by atoms with Crippen molar-refractivity contribution in [3.63, 3.8) is 0 Å². The molecule has 1 heterocycles. The Labute approximate surface area is 105 Å². The van der Waals surface area contributed by atoms with E-state index in [0.717, 1.165) is 16.8 Å². The third kappa shape index (κ3) is 2.51. The van der Waals surface area contributed by atoms with Crippen LogP contribution in [0.1, 0.15) is 27.4 Å². The first-order valence-electron chi connectivity index (χ1n) is 5.63. The fourth-order valence-corrected chi connectivity index (χ4v) is 1.63. The zero-order valence-corrected chi connectivity index (χ0v) is 10.4. The second-order valence-corrected chi connectivity index (χ2v) is 4.14. The summed E-state index contributed by atoms with van der Waals surface area (Å²) in [5.41, 5.74) is 8.78. The molecule has 0 spiro atoms. The van der Waals surface area contributed by atoms with Crippen LogP contribution in [-0.2, 0) is 6.54 Å². The van der Waals surface area contributed by atoms with Gasteiger partial charge in [0.25, 0.3) is 5.91 Å². The molecular weight excluding hydrogens is 230 g/mol. The monoisotopic (exact) mass is 245 g/mol. The number of aryl methyl sites for hydroxylation is 1. The number of anilines is 1. The van der Waals surface area contributed by atoms with Crippen LogP contribution in [0.25, 0.3) is 0 Å². The van der Waals surface area contributed by atoms with Crippen LogP contribution in [-0.4, -0.2) is 11.1 Å². The lowest BCUT2D eigenvalue weighted by atomic mass is 10.1. The minimum absolute atomic E-state index is 0.256. The SMILES string of the molecule is Cc1cc(C(=O)NCc2cccc(N)c2C)no1. The van der Waals surface area contributed by atoms with Crippen molar-refractivity contribution < 1.29 is 9.32 Å². The Morgan fingerprint density at radius 3 is 2.89 bits per heavy atom. The van der Waals surface area contributed by atoms with E-state index in [2.05, 4.69) is 10.5 Å². The molecule has 0 saturated carbocycles. The van der Waals surface area contributed by atoms with Gasteiger partial charge in [-0.15, -0.1) is 0 Å². The molecule has 0 atom stereocenters. The highest BCUT2D eigenvalue weighted by molar-refractivity contribution is 5.92. The zero-order chi connectivity index (χ0) is 13.1. The number of hydrogen-bond acceptors (Lipinski definition) is 4. The normalized spacial score (nSPS) is 10.3. The number of aromatic nitrogens is 1. The molecule has 1 aromatic carbocycles. The summed E-state index contributed by atoms with van der Waals surface area (Å²) >= 11 is 0. The van der Waals surface area contributed by atoms with Crippen LogP contribution in [0.5, 0.6) is 0 Å². The average molecular weight is 245 g/mol. The number of carbonyl (C=O) groups is 1. The molecule has 5 heteroatoms. The number of amides is 1. The number of carbonyl (C=O) groups excluding carboxylic acids is 1. The minimum atomic E-state index is -0.256. The Balaban J connectivity index is 2.04. The summed E-state index contributed by atoms with van der Waals surface area (Å²) in [5.74, 6) is 0.356. The Morgan fingerprint density at radius 2 is 2.22 bits per heavy atom. The van der Waals surface area contributed by atoms with Gasteiger partial charge in [0.2, 0.25) is 0 Å². The molecule has 0 radical (unpaired) electrons. The number of rotatable bonds is 3. The summed E-state index contributed by atoms with van der Waals surface area (Å²) in [7, 11) is 0. The standard InChI is InChI=1S/C13H15N3O2/c1-8-6-12(16-18-8)13(17)15-7-10-4-3-5-11(14)9(10)2/h3-6H,7,14H2,1-2H3,(H,15,17). The van der Waals surface area contributed by atoms with Crippen LogP contribution >= 0.6 is 0 Å². The Hall–Kier alpha value is -2.30. The van der Waals surface area contributed by atoms with E-state index in [1.165, 1.54) is 0 Å². The van der Waals surface area contributed by atoms with Gasteiger partial charge in [-0.2, -0.15) is 0 Å². The lowest BCUT2D eigenvalue weighted by molar-refractivity contribution is 0.0942. The van der Waals surface area contributed by atoms with E-state index < -0.39 is 0 Å². The van der Waals surface area contributed by atoms with Gasteiger partial charge in [-0.3, -0.25) is 4.79 Å². The van der Waals surface area contributed by atoms with Gasteiger partial charge in [0.15, 0.2) is 5.69 Å². The summed E-state index contributed by atoms with van der Waals surface area (Å²) in [6.45, 7) is 4.09. The van der Waals surface area contributed by atoms with Gasteiger partial charge in [0.05, 0.1) is 0 Å². The second-order valence-electron chi connectivity index (χ2n) is 4.14. The molecule has 2 rings (SSSR count). The second kappa shape index (κ2) is 4.91. The third-order valence-corrected chi connectivity index (χ3v) is 2.79. The molecule has 18 heavy (non-hydrogen) atoms. The summed E-state index contributed by atoms with van der Waals surface area (Å²) in [6, 6.07) is 7.23. The van der Waals surface area contributed by atoms with Crippen molar-refractivity contribution >= 4 is 11.6 Å². The van der Waals surface area contributed by atoms with Crippen molar-refractivity contribution in [2.45, 2.75) is 20.4 Å². The summed E-state index contributed by atoms with van der Waals surface area (Å²) in [5, 5.41) is 6.44. The first-order chi connectivity index (χ1) is 8.58. The maximum atomic E-state index is 11.8. The molecule has 2 aromatic rings. The summed E-state index contributed by atoms with van der Waals surface area (Å²) < 4.78 is 4.85. The summed E-state index contributed by atoms with van der Waals surface area (Å²) in [4.78, 5) is 11.8. The zero-order valence-electron chi connectivity index (χ0n) is 10.4. The summed E-state index contributed by atoms with van der Waals surface area (Å²) in [6.07, 6.45) is 0. The predicted octanol–water partition coefficient (Wildman–Crippen LogP) is 1.80. The highest BCUT2D eigenvalue weighted by Gasteiger charge is 2.11. The van der Waals surface area contributed by atoms with Crippen molar-refractivity contribution in [2.24, 2.45) is 0 Å². The van der Waals surface area contributed by atoms with E-state index in [4.69, 9.17) is 10.3 Å². The average Bonchev–Trinajstić information content (AvgIpc) is 2.77. The predicted molar refractivity (Wildman–Crippen MR) is 68.0 cm³/mol. The van der Waals surface area contributed by atoms with Gasteiger partial charge in [0, 0.05) is 18.3 Å². The van der Waals surface area contributed by atoms with Crippen molar-refractivity contribution in [2.75, 3.05) is 5.73 Å². The lowest BCUT2D eigenvalue weighted by Gasteiger charge is -2.08. The van der Waals surface area contributed by atoms with E-state index in [9.17, 15) is 4.79 Å². The largest absolute Gasteiger partial charge is 0.399 e. The number of hydrogen-bond donors (Lipinski definition) is 2. The third-order valence-electron chi connectivity index (χ3n) is 2.79. The highest BCUT2D eigenvalue weighted by Crippen LogP contribution is 2.15. The van der Waals surface area contributed by atoms with Gasteiger partial charge in [0.1, 0.15) is 5.76 Å². The molecule has 1 amide bonds. The molecule has 94 valence electrons. The smallest absolute Gasteiger partial charge is 0.273 e. The molecule has 0 fully saturated rings. The van der Waals surface area contributed by atoms with Gasteiger partial charge in [-0.25, -0.2) is 0 Å². The minimum Gasteiger partial charge on any atom is -0.399 e. The van der Waals surface area contributed by atoms with Crippen molar-refractivity contribution in [3.8, 4) is 0 Å². The Morgan fingerprint density at radius 1 is 1.44 bits per heavy atom. The van der Waals surface area contributed by atoms with Crippen LogP contribution in [0, 0.1) is 13.8 Å². The molecular formula is C13H15N3O2. The Bertz CT molecular complexity index is 575. The number of nitrogens with two attached hydrogens (primary N) is 1. The van der Waals surface area contributed by atoms with E-state index in [0.29, 0.717) is 12.3 Å². The Kier molecular flexibility index (Phi) is 3.32. The van der Waals surface area contributed by atoms with E-state index in [1.54, 1.807) is 13.0 Å². The van der Waals surface area contributed by atoms with Crippen LogP contribution in [0.2, 0.25) is 0 Å².